The molecule has 1 fully saturated rings. The molecular formula is C23H29N3O2. The zero-order valence-corrected chi connectivity index (χ0v) is 16.9. The molecule has 148 valence electrons. The zero-order valence-electron chi connectivity index (χ0n) is 16.9. The lowest BCUT2D eigenvalue weighted by Crippen LogP contribution is -2.41. The fourth-order valence-electron chi connectivity index (χ4n) is 3.65. The number of hydrogen-bond acceptors (Lipinski definition) is 3. The first-order valence-electron chi connectivity index (χ1n) is 9.94. The number of piperidine rings is 1. The highest BCUT2D eigenvalue weighted by Crippen LogP contribution is 2.31. The lowest BCUT2D eigenvalue weighted by molar-refractivity contribution is -0.129. The van der Waals surface area contributed by atoms with Gasteiger partial charge in [-0.1, -0.05) is 44.2 Å². The zero-order chi connectivity index (χ0) is 20.1. The van der Waals surface area contributed by atoms with Crippen molar-refractivity contribution >= 4 is 23.7 Å². The van der Waals surface area contributed by atoms with Crippen LogP contribution in [-0.2, 0) is 9.59 Å². The van der Waals surface area contributed by atoms with Crippen LogP contribution in [0, 0.1) is 0 Å². The van der Waals surface area contributed by atoms with Crippen molar-refractivity contribution in [2.75, 3.05) is 23.7 Å². The number of rotatable bonds is 6. The van der Waals surface area contributed by atoms with E-state index >= 15 is 0 Å². The van der Waals surface area contributed by atoms with Crippen LogP contribution in [0.1, 0.15) is 45.1 Å². The average molecular weight is 380 g/mol. The van der Waals surface area contributed by atoms with Gasteiger partial charge in [0.1, 0.15) is 0 Å². The molecule has 1 saturated heterocycles. The first-order valence-corrected chi connectivity index (χ1v) is 9.94. The second-order valence-electron chi connectivity index (χ2n) is 7.72. The van der Waals surface area contributed by atoms with Crippen LogP contribution in [0.3, 0.4) is 0 Å². The summed E-state index contributed by atoms with van der Waals surface area (Å²) in [5.74, 6) is 0.636. The lowest BCUT2D eigenvalue weighted by atomic mass is 9.98. The monoisotopic (exact) mass is 379 g/mol. The van der Waals surface area contributed by atoms with Crippen molar-refractivity contribution in [1.29, 1.82) is 0 Å². The van der Waals surface area contributed by atoms with Crippen LogP contribution in [0.2, 0.25) is 0 Å². The molecule has 0 spiro atoms. The smallest absolute Gasteiger partial charge is 0.219 e. The summed E-state index contributed by atoms with van der Waals surface area (Å²) in [6.45, 7) is 7.52. The van der Waals surface area contributed by atoms with Gasteiger partial charge < -0.3 is 15.5 Å². The second kappa shape index (κ2) is 8.91. The number of carbonyl (C=O) groups excluding carboxylic acids is 2. The van der Waals surface area contributed by atoms with Crippen molar-refractivity contribution in [3.8, 4) is 11.1 Å². The number of amides is 2. The molecule has 0 saturated carbocycles. The Labute approximate surface area is 167 Å². The maximum Gasteiger partial charge on any atom is 0.219 e. The van der Waals surface area contributed by atoms with Gasteiger partial charge in [-0.2, -0.15) is 0 Å². The van der Waals surface area contributed by atoms with E-state index in [1.54, 1.807) is 6.92 Å². The molecule has 28 heavy (non-hydrogen) atoms. The molecular weight excluding hydrogens is 350 g/mol. The lowest BCUT2D eigenvalue weighted by Gasteiger charge is -2.32. The molecule has 1 aliphatic heterocycles. The Morgan fingerprint density at radius 2 is 1.68 bits per heavy atom. The van der Waals surface area contributed by atoms with Crippen LogP contribution in [-0.4, -0.2) is 36.3 Å². The Morgan fingerprint density at radius 1 is 1.04 bits per heavy atom. The first-order chi connectivity index (χ1) is 13.5. The van der Waals surface area contributed by atoms with Gasteiger partial charge in [0.2, 0.25) is 12.3 Å². The molecule has 5 nitrogen and oxygen atoms in total. The van der Waals surface area contributed by atoms with Crippen LogP contribution < -0.4 is 10.6 Å². The van der Waals surface area contributed by atoms with Gasteiger partial charge in [0.05, 0.1) is 11.4 Å². The van der Waals surface area contributed by atoms with E-state index in [1.807, 2.05) is 17.0 Å². The van der Waals surface area contributed by atoms with E-state index in [2.05, 4.69) is 54.8 Å². The summed E-state index contributed by atoms with van der Waals surface area (Å²) in [6, 6.07) is 15.0. The van der Waals surface area contributed by atoms with Gasteiger partial charge in [-0.15, -0.1) is 0 Å². The van der Waals surface area contributed by atoms with Crippen molar-refractivity contribution in [3.63, 3.8) is 0 Å². The molecule has 0 radical (unpaired) electrons. The highest BCUT2D eigenvalue weighted by Gasteiger charge is 2.21. The molecule has 0 aromatic heterocycles. The molecule has 3 rings (SSSR count). The first kappa shape index (κ1) is 19.9. The second-order valence-corrected chi connectivity index (χ2v) is 7.72. The number of nitrogens with one attached hydrogen (secondary N) is 2. The van der Waals surface area contributed by atoms with Gasteiger partial charge in [-0.05, 0) is 47.6 Å². The molecule has 0 aliphatic carbocycles. The molecule has 2 N–H and O–H groups in total. The van der Waals surface area contributed by atoms with Crippen molar-refractivity contribution in [3.05, 3.63) is 48.0 Å². The van der Waals surface area contributed by atoms with Crippen molar-refractivity contribution in [2.45, 2.75) is 45.6 Å². The molecule has 2 aromatic carbocycles. The minimum atomic E-state index is 0.134. The average Bonchev–Trinajstić information content (AvgIpc) is 2.70. The maximum absolute atomic E-state index is 11.5. The van der Waals surface area contributed by atoms with E-state index in [0.717, 1.165) is 48.4 Å². The van der Waals surface area contributed by atoms with E-state index in [0.29, 0.717) is 18.4 Å². The van der Waals surface area contributed by atoms with Crippen LogP contribution in [0.15, 0.2) is 42.5 Å². The Kier molecular flexibility index (Phi) is 6.34. The van der Waals surface area contributed by atoms with E-state index in [1.165, 1.54) is 5.56 Å². The van der Waals surface area contributed by atoms with Gasteiger partial charge in [0.25, 0.3) is 0 Å². The molecule has 0 unspecified atom stereocenters. The van der Waals surface area contributed by atoms with Crippen molar-refractivity contribution in [1.82, 2.24) is 4.90 Å². The fourth-order valence-corrected chi connectivity index (χ4v) is 3.65. The van der Waals surface area contributed by atoms with Gasteiger partial charge in [-0.25, -0.2) is 0 Å². The highest BCUT2D eigenvalue weighted by molar-refractivity contribution is 5.85. The summed E-state index contributed by atoms with van der Waals surface area (Å²) in [5.41, 5.74) is 5.19. The van der Waals surface area contributed by atoms with Crippen molar-refractivity contribution in [2.24, 2.45) is 0 Å². The molecule has 0 bridgehead atoms. The molecule has 2 aromatic rings. The number of benzene rings is 2. The van der Waals surface area contributed by atoms with Gasteiger partial charge in [-0.3, -0.25) is 9.59 Å². The van der Waals surface area contributed by atoms with Gasteiger partial charge >= 0.3 is 0 Å². The molecule has 0 atom stereocenters. The Morgan fingerprint density at radius 3 is 2.25 bits per heavy atom. The number of hydrogen-bond donors (Lipinski definition) is 2. The molecule has 1 aliphatic rings. The summed E-state index contributed by atoms with van der Waals surface area (Å²) in [5, 5.41) is 6.36. The number of likely N-dealkylation sites (tertiary alicyclic amines) is 1. The van der Waals surface area contributed by atoms with Crippen LogP contribution in [0.4, 0.5) is 11.4 Å². The topological polar surface area (TPSA) is 61.4 Å². The van der Waals surface area contributed by atoms with Crippen LogP contribution >= 0.6 is 0 Å². The summed E-state index contributed by atoms with van der Waals surface area (Å²) in [7, 11) is 0. The maximum atomic E-state index is 11.5. The molecule has 1 heterocycles. The molecule has 5 heteroatoms. The minimum Gasteiger partial charge on any atom is -0.380 e. The van der Waals surface area contributed by atoms with E-state index < -0.39 is 0 Å². The van der Waals surface area contributed by atoms with Crippen LogP contribution in [0.5, 0.6) is 0 Å². The number of carbonyl (C=O) groups is 2. The number of anilines is 2. The van der Waals surface area contributed by atoms with Gasteiger partial charge in [0, 0.05) is 26.1 Å². The minimum absolute atomic E-state index is 0.134. The van der Waals surface area contributed by atoms with Gasteiger partial charge in [0.15, 0.2) is 0 Å². The van der Waals surface area contributed by atoms with E-state index in [9.17, 15) is 9.59 Å². The quantitative estimate of drug-likeness (QED) is 0.728. The predicted molar refractivity (Wildman–Crippen MR) is 115 cm³/mol. The highest BCUT2D eigenvalue weighted by atomic mass is 16.2. The Balaban J connectivity index is 1.76. The number of nitrogens with zero attached hydrogens (tertiary/aromatic N) is 1. The Hall–Kier alpha value is -2.82. The van der Waals surface area contributed by atoms with Crippen LogP contribution in [0.25, 0.3) is 11.1 Å². The summed E-state index contributed by atoms with van der Waals surface area (Å²) < 4.78 is 0. The standard InChI is InChI=1S/C23H29N3O2/c1-16(2)18-4-6-19(7-5-18)20-8-9-22(23(14-20)24-15-27)25-21-10-12-26(13-11-21)17(3)28/h4-9,14-16,21,25H,10-13H2,1-3H3,(H,24,27). The summed E-state index contributed by atoms with van der Waals surface area (Å²) in [6.07, 6.45) is 2.52. The van der Waals surface area contributed by atoms with E-state index in [4.69, 9.17) is 0 Å². The third-order valence-electron chi connectivity index (χ3n) is 5.44. The predicted octanol–water partition coefficient (Wildman–Crippen LogP) is 4.47. The third kappa shape index (κ3) is 4.71. The molecule has 2 amide bonds. The van der Waals surface area contributed by atoms with E-state index in [-0.39, 0.29) is 5.91 Å². The fraction of sp³-hybridized carbons (Fsp3) is 0.391. The van der Waals surface area contributed by atoms with Crippen molar-refractivity contribution < 1.29 is 9.59 Å². The SMILES string of the molecule is CC(=O)N1CCC(Nc2ccc(-c3ccc(C(C)C)cc3)cc2NC=O)CC1. The summed E-state index contributed by atoms with van der Waals surface area (Å²) in [4.78, 5) is 24.5. The largest absolute Gasteiger partial charge is 0.380 e. The summed E-state index contributed by atoms with van der Waals surface area (Å²) >= 11 is 0. The Bertz CT molecular complexity index is 822. The third-order valence-corrected chi connectivity index (χ3v) is 5.44. The normalized spacial score (nSPS) is 14.8.